The SMILES string of the molecule is COc1cc(-c2ccc(-c3cnc(N(C4CC4)[C@H]4C[C@@H]5CC[C@H](N5)[C@H]4F)nn3)c(O)c2)cnn1. The summed E-state index contributed by atoms with van der Waals surface area (Å²) in [4.78, 5) is 6.62. The number of phenolic OH excluding ortho intramolecular Hbond substituents is 1. The lowest BCUT2D eigenvalue weighted by molar-refractivity contribution is 0.171. The van der Waals surface area contributed by atoms with Crippen molar-refractivity contribution in [3.8, 4) is 34.0 Å². The topological polar surface area (TPSA) is 109 Å². The Hall–Kier alpha value is -3.40. The third kappa shape index (κ3) is 3.81. The fourth-order valence-electron chi connectivity index (χ4n) is 5.22. The number of nitrogens with zero attached hydrogens (tertiary/aromatic N) is 6. The molecule has 3 aliphatic rings. The number of hydrogen-bond acceptors (Lipinski definition) is 9. The highest BCUT2D eigenvalue weighted by Crippen LogP contribution is 2.40. The minimum Gasteiger partial charge on any atom is -0.507 e. The van der Waals surface area contributed by atoms with E-state index in [1.807, 2.05) is 6.07 Å². The molecular weight excluding hydrogens is 437 g/mol. The first-order valence-electron chi connectivity index (χ1n) is 11.7. The van der Waals surface area contributed by atoms with Crippen molar-refractivity contribution in [3.05, 3.63) is 36.7 Å². The number of phenols is 1. The van der Waals surface area contributed by atoms with Crippen molar-refractivity contribution in [3.63, 3.8) is 0 Å². The molecule has 3 fully saturated rings. The predicted molar refractivity (Wildman–Crippen MR) is 123 cm³/mol. The van der Waals surface area contributed by atoms with Crippen LogP contribution in [-0.4, -0.2) is 67.9 Å². The number of rotatable bonds is 6. The van der Waals surface area contributed by atoms with Gasteiger partial charge in [-0.1, -0.05) is 6.07 Å². The van der Waals surface area contributed by atoms with Crippen LogP contribution in [-0.2, 0) is 0 Å². The maximum absolute atomic E-state index is 15.3. The zero-order valence-corrected chi connectivity index (χ0v) is 18.8. The molecule has 1 aromatic carbocycles. The van der Waals surface area contributed by atoms with Gasteiger partial charge in [-0.3, -0.25) is 0 Å². The molecule has 2 saturated heterocycles. The van der Waals surface area contributed by atoms with E-state index in [-0.39, 0.29) is 23.9 Å². The molecular formula is C24H26FN7O2. The fourth-order valence-corrected chi connectivity index (χ4v) is 5.22. The molecule has 2 aromatic heterocycles. The predicted octanol–water partition coefficient (Wildman–Crippen LogP) is 2.91. The second-order valence-electron chi connectivity index (χ2n) is 9.30. The van der Waals surface area contributed by atoms with Crippen LogP contribution < -0.4 is 15.0 Å². The second-order valence-corrected chi connectivity index (χ2v) is 9.30. The van der Waals surface area contributed by atoms with E-state index in [0.717, 1.165) is 43.2 Å². The largest absolute Gasteiger partial charge is 0.507 e. The molecule has 0 radical (unpaired) electrons. The number of ether oxygens (including phenoxy) is 1. The smallest absolute Gasteiger partial charge is 0.245 e. The zero-order chi connectivity index (χ0) is 23.2. The van der Waals surface area contributed by atoms with Gasteiger partial charge in [0.05, 0.1) is 25.5 Å². The average Bonchev–Trinajstić information content (AvgIpc) is 3.62. The number of aromatic hydroxyl groups is 1. The first-order chi connectivity index (χ1) is 16.6. The van der Waals surface area contributed by atoms with Gasteiger partial charge >= 0.3 is 0 Å². The van der Waals surface area contributed by atoms with E-state index < -0.39 is 6.17 Å². The van der Waals surface area contributed by atoms with Crippen molar-refractivity contribution in [2.45, 2.75) is 62.4 Å². The van der Waals surface area contributed by atoms with E-state index in [1.54, 1.807) is 30.6 Å². The lowest BCUT2D eigenvalue weighted by Crippen LogP contribution is -2.57. The Bertz CT molecular complexity index is 1190. The molecule has 2 N–H and O–H groups in total. The Kier molecular flexibility index (Phi) is 5.24. The van der Waals surface area contributed by atoms with Crippen molar-refractivity contribution in [2.75, 3.05) is 12.0 Å². The minimum absolute atomic E-state index is 0.0509. The van der Waals surface area contributed by atoms with Crippen molar-refractivity contribution in [2.24, 2.45) is 0 Å². The Morgan fingerprint density at radius 1 is 1.06 bits per heavy atom. The van der Waals surface area contributed by atoms with Gasteiger partial charge in [0.2, 0.25) is 11.8 Å². The summed E-state index contributed by atoms with van der Waals surface area (Å²) in [7, 11) is 1.53. The second kappa shape index (κ2) is 8.43. The van der Waals surface area contributed by atoms with Gasteiger partial charge in [0.25, 0.3) is 0 Å². The number of piperidine rings is 1. The van der Waals surface area contributed by atoms with E-state index >= 15 is 4.39 Å². The molecule has 10 heteroatoms. The highest BCUT2D eigenvalue weighted by molar-refractivity contribution is 5.74. The summed E-state index contributed by atoms with van der Waals surface area (Å²) >= 11 is 0. The van der Waals surface area contributed by atoms with Crippen LogP contribution in [0.1, 0.15) is 32.1 Å². The van der Waals surface area contributed by atoms with Gasteiger partial charge in [-0.05, 0) is 49.8 Å². The maximum Gasteiger partial charge on any atom is 0.245 e. The van der Waals surface area contributed by atoms with Crippen LogP contribution in [0.3, 0.4) is 0 Å². The van der Waals surface area contributed by atoms with Gasteiger partial charge in [-0.2, -0.15) is 5.10 Å². The van der Waals surface area contributed by atoms with Crippen LogP contribution >= 0.6 is 0 Å². The van der Waals surface area contributed by atoms with E-state index in [0.29, 0.717) is 29.1 Å². The summed E-state index contributed by atoms with van der Waals surface area (Å²) in [5, 5.41) is 30.6. The van der Waals surface area contributed by atoms with Crippen LogP contribution in [0.5, 0.6) is 11.6 Å². The molecule has 2 aliphatic heterocycles. The van der Waals surface area contributed by atoms with Gasteiger partial charge in [0.1, 0.15) is 17.6 Å². The maximum atomic E-state index is 15.3. The molecule has 0 unspecified atom stereocenters. The molecule has 2 bridgehead atoms. The number of halogens is 1. The summed E-state index contributed by atoms with van der Waals surface area (Å²) in [6, 6.07) is 7.33. The molecule has 1 saturated carbocycles. The Labute approximate surface area is 196 Å². The zero-order valence-electron chi connectivity index (χ0n) is 18.8. The summed E-state index contributed by atoms with van der Waals surface area (Å²) < 4.78 is 20.4. The third-order valence-electron chi connectivity index (χ3n) is 7.08. The van der Waals surface area contributed by atoms with Crippen molar-refractivity contribution in [1.29, 1.82) is 0 Å². The Morgan fingerprint density at radius 2 is 1.94 bits per heavy atom. The van der Waals surface area contributed by atoms with Gasteiger partial charge in [0.15, 0.2) is 0 Å². The lowest BCUT2D eigenvalue weighted by atomic mass is 9.96. The van der Waals surface area contributed by atoms with Gasteiger partial charge in [0, 0.05) is 35.3 Å². The van der Waals surface area contributed by atoms with Crippen LogP contribution in [0.15, 0.2) is 36.7 Å². The molecule has 1 aliphatic carbocycles. The number of anilines is 1. The monoisotopic (exact) mass is 463 g/mol. The van der Waals surface area contributed by atoms with E-state index in [1.165, 1.54) is 7.11 Å². The molecule has 176 valence electrons. The molecule has 0 amide bonds. The number of aromatic nitrogens is 5. The van der Waals surface area contributed by atoms with Crippen LogP contribution in [0, 0.1) is 0 Å². The van der Waals surface area contributed by atoms with Crippen molar-refractivity contribution < 1.29 is 14.2 Å². The first kappa shape index (κ1) is 21.2. The number of fused-ring (bicyclic) bond motifs is 2. The molecule has 4 atom stereocenters. The minimum atomic E-state index is -0.944. The standard InChI is InChI=1S/C24H26FN7O2/c1-34-22-9-14(11-27-30-22)13-2-6-17(21(33)8-13)19-12-26-24(31-29-19)32(16-4-5-16)20-10-15-3-7-18(28-15)23(20)25/h2,6,8-9,11-12,15-16,18,20,23,28,33H,3-5,7,10H2,1H3/t15-,18-,20-,23+/m0/s1. The fraction of sp³-hybridized carbons (Fsp3) is 0.458. The molecule has 3 aromatic rings. The Balaban J connectivity index is 1.26. The summed E-state index contributed by atoms with van der Waals surface area (Å²) in [5.74, 6) is 0.908. The number of nitrogens with one attached hydrogen (secondary N) is 1. The molecule has 6 rings (SSSR count). The molecule has 4 heterocycles. The van der Waals surface area contributed by atoms with Crippen LogP contribution in [0.4, 0.5) is 10.3 Å². The van der Waals surface area contributed by atoms with Gasteiger partial charge in [-0.25, -0.2) is 9.37 Å². The Morgan fingerprint density at radius 3 is 2.68 bits per heavy atom. The molecule has 34 heavy (non-hydrogen) atoms. The summed E-state index contributed by atoms with van der Waals surface area (Å²) in [5.41, 5.74) is 2.51. The van der Waals surface area contributed by atoms with Crippen molar-refractivity contribution >= 4 is 5.95 Å². The normalized spacial score (nSPS) is 25.8. The van der Waals surface area contributed by atoms with Crippen LogP contribution in [0.2, 0.25) is 0 Å². The highest BCUT2D eigenvalue weighted by atomic mass is 19.1. The van der Waals surface area contributed by atoms with Gasteiger partial charge < -0.3 is 20.1 Å². The lowest BCUT2D eigenvalue weighted by Gasteiger charge is -2.40. The average molecular weight is 464 g/mol. The first-order valence-corrected chi connectivity index (χ1v) is 11.7. The number of alkyl halides is 1. The summed E-state index contributed by atoms with van der Waals surface area (Å²) in [6.45, 7) is 0. The molecule has 0 spiro atoms. The summed E-state index contributed by atoms with van der Waals surface area (Å²) in [6.07, 6.45) is 6.97. The van der Waals surface area contributed by atoms with Gasteiger partial charge in [-0.15, -0.1) is 15.3 Å². The van der Waals surface area contributed by atoms with Crippen molar-refractivity contribution in [1.82, 2.24) is 30.7 Å². The van der Waals surface area contributed by atoms with E-state index in [4.69, 9.17) is 4.74 Å². The molecule has 9 nitrogen and oxygen atoms in total. The number of methoxy groups -OCH3 is 1. The number of hydrogen-bond donors (Lipinski definition) is 2. The third-order valence-corrected chi connectivity index (χ3v) is 7.08. The quantitative estimate of drug-likeness (QED) is 0.570. The number of benzene rings is 1. The highest BCUT2D eigenvalue weighted by Gasteiger charge is 2.48. The van der Waals surface area contributed by atoms with E-state index in [2.05, 4.69) is 35.6 Å². The van der Waals surface area contributed by atoms with Crippen LogP contribution in [0.25, 0.3) is 22.4 Å². The van der Waals surface area contributed by atoms with E-state index in [9.17, 15) is 5.11 Å².